The van der Waals surface area contributed by atoms with E-state index in [0.717, 1.165) is 0 Å². The van der Waals surface area contributed by atoms with Crippen molar-refractivity contribution in [2.45, 2.75) is 13.5 Å². The fraction of sp³-hybridized carbons (Fsp3) is 0.100. The second kappa shape index (κ2) is 8.86. The summed E-state index contributed by atoms with van der Waals surface area (Å²) in [7, 11) is 0. The van der Waals surface area contributed by atoms with E-state index in [1.54, 1.807) is 19.1 Å². The lowest BCUT2D eigenvalue weighted by molar-refractivity contribution is 0.0946. The van der Waals surface area contributed by atoms with Crippen LogP contribution in [0.5, 0.6) is 11.5 Å². The number of imidazole rings is 1. The van der Waals surface area contributed by atoms with E-state index >= 15 is 0 Å². The van der Waals surface area contributed by atoms with Gasteiger partial charge in [-0.15, -0.1) is 5.92 Å². The Morgan fingerprint density at radius 1 is 1.34 bits per heavy atom. The number of anilines is 1. The summed E-state index contributed by atoms with van der Waals surface area (Å²) < 4.78 is 20.6. The minimum atomic E-state index is -0.709. The Labute approximate surface area is 176 Å². The number of nitrogens with zero attached hydrogens (tertiary/aromatic N) is 1. The monoisotopic (exact) mass is 432 g/mol. The molecule has 1 heterocycles. The number of halogens is 3. The highest BCUT2D eigenvalue weighted by molar-refractivity contribution is 6.32. The van der Waals surface area contributed by atoms with Gasteiger partial charge >= 0.3 is 0 Å². The van der Waals surface area contributed by atoms with Crippen LogP contribution in [0.15, 0.2) is 36.7 Å². The molecule has 2 aromatic carbocycles. The van der Waals surface area contributed by atoms with Gasteiger partial charge in [-0.3, -0.25) is 4.79 Å². The van der Waals surface area contributed by atoms with Gasteiger partial charge in [0.25, 0.3) is 5.91 Å². The molecule has 4 N–H and O–H groups in total. The number of H-pyrrole nitrogens is 1. The van der Waals surface area contributed by atoms with Crippen LogP contribution in [-0.2, 0) is 6.54 Å². The van der Waals surface area contributed by atoms with Crippen molar-refractivity contribution >= 4 is 34.8 Å². The zero-order chi connectivity index (χ0) is 21.0. The second-order valence-corrected chi connectivity index (χ2v) is 6.63. The van der Waals surface area contributed by atoms with Crippen molar-refractivity contribution in [1.29, 1.82) is 0 Å². The summed E-state index contributed by atoms with van der Waals surface area (Å²) in [5.74, 6) is 4.49. The average Bonchev–Trinajstić information content (AvgIpc) is 3.10. The van der Waals surface area contributed by atoms with Crippen LogP contribution in [0.1, 0.15) is 28.5 Å². The maximum absolute atomic E-state index is 15.0. The topological polar surface area (TPSA) is 93.0 Å². The number of rotatable bonds is 5. The highest BCUT2D eigenvalue weighted by Gasteiger charge is 2.18. The molecule has 0 atom stereocenters. The Hall–Kier alpha value is -3.21. The fourth-order valence-electron chi connectivity index (χ4n) is 2.52. The van der Waals surface area contributed by atoms with Crippen LogP contribution in [0, 0.1) is 17.7 Å². The Bertz CT molecular complexity index is 1140. The SMILES string of the molecule is CC#Cc1cc(N)cc(Oc2c(Cl)ccc(CNC(=O)c3[nH]cnc3Cl)c2F)c1. The number of aromatic nitrogens is 2. The molecular formula is C20H15Cl2FN4O2. The molecule has 0 spiro atoms. The lowest BCUT2D eigenvalue weighted by atomic mass is 10.1. The zero-order valence-electron chi connectivity index (χ0n) is 15.1. The van der Waals surface area contributed by atoms with Crippen molar-refractivity contribution in [2.24, 2.45) is 0 Å². The Morgan fingerprint density at radius 3 is 2.83 bits per heavy atom. The second-order valence-electron chi connectivity index (χ2n) is 5.87. The number of nitrogens with two attached hydrogens (primary N) is 1. The smallest absolute Gasteiger partial charge is 0.271 e. The van der Waals surface area contributed by atoms with E-state index in [-0.39, 0.29) is 39.5 Å². The number of aromatic amines is 1. The van der Waals surface area contributed by atoms with E-state index in [1.807, 2.05) is 0 Å². The van der Waals surface area contributed by atoms with Crippen LogP contribution in [0.2, 0.25) is 10.2 Å². The van der Waals surface area contributed by atoms with Crippen LogP contribution in [0.25, 0.3) is 0 Å². The minimum Gasteiger partial charge on any atom is -0.453 e. The first-order chi connectivity index (χ1) is 13.9. The number of benzene rings is 2. The molecule has 3 rings (SSSR count). The van der Waals surface area contributed by atoms with E-state index in [0.29, 0.717) is 11.3 Å². The molecule has 0 fully saturated rings. The van der Waals surface area contributed by atoms with Gasteiger partial charge in [0.05, 0.1) is 11.3 Å². The third kappa shape index (κ3) is 4.80. The number of nitrogen functional groups attached to an aromatic ring is 1. The molecule has 9 heteroatoms. The molecule has 0 saturated heterocycles. The van der Waals surface area contributed by atoms with Crippen molar-refractivity contribution in [3.8, 4) is 23.3 Å². The predicted octanol–water partition coefficient (Wildman–Crippen LogP) is 4.53. The van der Waals surface area contributed by atoms with Gasteiger partial charge in [-0.2, -0.15) is 0 Å². The maximum atomic E-state index is 15.0. The summed E-state index contributed by atoms with van der Waals surface area (Å²) in [6, 6.07) is 7.76. The molecule has 29 heavy (non-hydrogen) atoms. The molecule has 0 aliphatic heterocycles. The summed E-state index contributed by atoms with van der Waals surface area (Å²) >= 11 is 11.9. The molecule has 148 valence electrons. The molecule has 0 unspecified atom stereocenters. The first-order valence-corrected chi connectivity index (χ1v) is 9.09. The van der Waals surface area contributed by atoms with Crippen molar-refractivity contribution < 1.29 is 13.9 Å². The fourth-order valence-corrected chi connectivity index (χ4v) is 2.89. The largest absolute Gasteiger partial charge is 0.453 e. The van der Waals surface area contributed by atoms with Gasteiger partial charge < -0.3 is 20.8 Å². The van der Waals surface area contributed by atoms with E-state index in [9.17, 15) is 9.18 Å². The molecular weight excluding hydrogens is 418 g/mol. The summed E-state index contributed by atoms with van der Waals surface area (Å²) in [6.45, 7) is 1.57. The van der Waals surface area contributed by atoms with Crippen molar-refractivity contribution in [2.75, 3.05) is 5.73 Å². The highest BCUT2D eigenvalue weighted by atomic mass is 35.5. The summed E-state index contributed by atoms with van der Waals surface area (Å²) in [5, 5.41) is 2.65. The normalized spacial score (nSPS) is 10.2. The van der Waals surface area contributed by atoms with Gasteiger partial charge in [0.15, 0.2) is 16.7 Å². The molecule has 0 aliphatic rings. The Kier molecular flexibility index (Phi) is 6.27. The summed E-state index contributed by atoms with van der Waals surface area (Å²) in [4.78, 5) is 18.5. The van der Waals surface area contributed by atoms with Crippen LogP contribution in [0.4, 0.5) is 10.1 Å². The number of hydrogen-bond acceptors (Lipinski definition) is 4. The number of amides is 1. The standard InChI is InChI=1S/C20H15Cl2FN4O2/c1-2-3-11-6-13(24)8-14(7-11)29-18-15(21)5-4-12(16(18)23)9-25-20(28)17-19(22)27-10-26-17/h4-8,10H,9,24H2,1H3,(H,25,28)(H,26,27). The van der Waals surface area contributed by atoms with Gasteiger partial charge in [0, 0.05) is 29.4 Å². The van der Waals surface area contributed by atoms with Crippen LogP contribution >= 0.6 is 23.2 Å². The van der Waals surface area contributed by atoms with Crippen LogP contribution < -0.4 is 15.8 Å². The number of ether oxygens (including phenoxy) is 1. The van der Waals surface area contributed by atoms with Gasteiger partial charge in [-0.25, -0.2) is 9.37 Å². The first kappa shape index (κ1) is 20.5. The third-order valence-electron chi connectivity index (χ3n) is 3.81. The lowest BCUT2D eigenvalue weighted by Gasteiger charge is -2.13. The maximum Gasteiger partial charge on any atom is 0.271 e. The van der Waals surface area contributed by atoms with Gasteiger partial charge in [-0.1, -0.05) is 35.2 Å². The quantitative estimate of drug-likeness (QED) is 0.407. The summed E-state index contributed by atoms with van der Waals surface area (Å²) in [5.41, 5.74) is 7.14. The number of carbonyl (C=O) groups excluding carboxylic acids is 1. The van der Waals surface area contributed by atoms with Crippen LogP contribution in [0.3, 0.4) is 0 Å². The summed E-state index contributed by atoms with van der Waals surface area (Å²) in [6.07, 6.45) is 1.29. The van der Waals surface area contributed by atoms with E-state index in [2.05, 4.69) is 27.1 Å². The highest BCUT2D eigenvalue weighted by Crippen LogP contribution is 2.35. The lowest BCUT2D eigenvalue weighted by Crippen LogP contribution is -2.24. The van der Waals surface area contributed by atoms with Crippen molar-refractivity contribution in [1.82, 2.24) is 15.3 Å². The van der Waals surface area contributed by atoms with Gasteiger partial charge in [-0.05, 0) is 25.1 Å². The first-order valence-electron chi connectivity index (χ1n) is 8.34. The molecule has 1 aromatic heterocycles. The van der Waals surface area contributed by atoms with Gasteiger partial charge in [0.2, 0.25) is 0 Å². The Morgan fingerprint density at radius 2 is 2.14 bits per heavy atom. The molecule has 3 aromatic rings. The van der Waals surface area contributed by atoms with Gasteiger partial charge in [0.1, 0.15) is 11.4 Å². The molecule has 6 nitrogen and oxygen atoms in total. The van der Waals surface area contributed by atoms with Crippen LogP contribution in [-0.4, -0.2) is 15.9 Å². The van der Waals surface area contributed by atoms with Crippen molar-refractivity contribution in [3.63, 3.8) is 0 Å². The number of carbonyl (C=O) groups is 1. The molecule has 0 saturated carbocycles. The zero-order valence-corrected chi connectivity index (χ0v) is 16.7. The van der Waals surface area contributed by atoms with E-state index < -0.39 is 11.7 Å². The Balaban J connectivity index is 1.83. The van der Waals surface area contributed by atoms with E-state index in [1.165, 1.54) is 24.5 Å². The molecule has 1 amide bonds. The minimum absolute atomic E-state index is 0.0238. The molecule has 0 radical (unpaired) electrons. The average molecular weight is 433 g/mol. The van der Waals surface area contributed by atoms with E-state index in [4.69, 9.17) is 33.7 Å². The van der Waals surface area contributed by atoms with Crippen molar-refractivity contribution in [3.05, 3.63) is 69.5 Å². The number of hydrogen-bond donors (Lipinski definition) is 3. The number of nitrogens with one attached hydrogen (secondary N) is 2. The molecule has 0 aliphatic carbocycles. The third-order valence-corrected chi connectivity index (χ3v) is 4.39. The predicted molar refractivity (Wildman–Crippen MR) is 110 cm³/mol. The molecule has 0 bridgehead atoms.